The minimum absolute atomic E-state index is 0.137. The molecule has 0 aliphatic carbocycles. The smallest absolute Gasteiger partial charge is 0.404 e. The number of carboxylic acid groups (broad SMARTS) is 1. The Morgan fingerprint density at radius 1 is 1.55 bits per heavy atom. The number of nitriles is 1. The van der Waals surface area contributed by atoms with E-state index in [2.05, 4.69) is 40.8 Å². The van der Waals surface area contributed by atoms with Gasteiger partial charge in [0.2, 0.25) is 0 Å². The SMILES string of the molecule is CC(C)CC(CNC(=O)O)Cc1nnnn1CCC#N. The summed E-state index contributed by atoms with van der Waals surface area (Å²) in [5.41, 5.74) is 0. The van der Waals surface area contributed by atoms with Gasteiger partial charge in [-0.05, 0) is 28.7 Å². The fraction of sp³-hybridized carbons (Fsp3) is 0.750. The topological polar surface area (TPSA) is 117 Å². The summed E-state index contributed by atoms with van der Waals surface area (Å²) in [6, 6.07) is 2.05. The van der Waals surface area contributed by atoms with Gasteiger partial charge < -0.3 is 10.4 Å². The maximum atomic E-state index is 10.6. The molecule has 0 fully saturated rings. The first-order chi connectivity index (χ1) is 9.52. The van der Waals surface area contributed by atoms with Crippen LogP contribution in [-0.2, 0) is 13.0 Å². The number of rotatable bonds is 8. The van der Waals surface area contributed by atoms with Crippen LogP contribution >= 0.6 is 0 Å². The summed E-state index contributed by atoms with van der Waals surface area (Å²) in [6.07, 6.45) is 0.797. The average Bonchev–Trinajstić information content (AvgIpc) is 2.80. The largest absolute Gasteiger partial charge is 0.465 e. The molecule has 1 unspecified atom stereocenters. The van der Waals surface area contributed by atoms with Crippen LogP contribution in [0.25, 0.3) is 0 Å². The van der Waals surface area contributed by atoms with E-state index in [-0.39, 0.29) is 5.92 Å². The molecule has 2 N–H and O–H groups in total. The third kappa shape index (κ3) is 5.65. The van der Waals surface area contributed by atoms with E-state index >= 15 is 0 Å². The van der Waals surface area contributed by atoms with E-state index in [9.17, 15) is 4.79 Å². The minimum Gasteiger partial charge on any atom is -0.465 e. The van der Waals surface area contributed by atoms with Gasteiger partial charge in [0.15, 0.2) is 5.82 Å². The molecule has 1 heterocycles. The second-order valence-electron chi connectivity index (χ2n) is 5.11. The first-order valence-corrected chi connectivity index (χ1v) is 6.61. The summed E-state index contributed by atoms with van der Waals surface area (Å²) in [5, 5.41) is 31.1. The van der Waals surface area contributed by atoms with Gasteiger partial charge in [-0.1, -0.05) is 13.8 Å². The Morgan fingerprint density at radius 2 is 2.30 bits per heavy atom. The second-order valence-corrected chi connectivity index (χ2v) is 5.11. The fourth-order valence-corrected chi connectivity index (χ4v) is 2.09. The van der Waals surface area contributed by atoms with Gasteiger partial charge in [0, 0.05) is 13.0 Å². The summed E-state index contributed by atoms with van der Waals surface area (Å²) in [6.45, 7) is 5.01. The lowest BCUT2D eigenvalue weighted by Crippen LogP contribution is -2.30. The molecule has 8 heteroatoms. The number of nitrogens with one attached hydrogen (secondary N) is 1. The molecule has 0 bridgehead atoms. The van der Waals surface area contributed by atoms with Gasteiger partial charge in [-0.3, -0.25) is 0 Å². The van der Waals surface area contributed by atoms with E-state index in [1.807, 2.05) is 0 Å². The summed E-state index contributed by atoms with van der Waals surface area (Å²) >= 11 is 0. The van der Waals surface area contributed by atoms with Crippen LogP contribution in [0.2, 0.25) is 0 Å². The number of hydrogen-bond donors (Lipinski definition) is 2. The average molecular weight is 280 g/mol. The van der Waals surface area contributed by atoms with Crippen LogP contribution in [0.3, 0.4) is 0 Å². The van der Waals surface area contributed by atoms with Crippen LogP contribution in [0.5, 0.6) is 0 Å². The molecule has 0 radical (unpaired) electrons. The summed E-state index contributed by atoms with van der Waals surface area (Å²) in [7, 11) is 0. The van der Waals surface area contributed by atoms with Crippen molar-refractivity contribution < 1.29 is 9.90 Å². The molecule has 0 aromatic carbocycles. The van der Waals surface area contributed by atoms with Crippen molar-refractivity contribution in [1.29, 1.82) is 5.26 Å². The monoisotopic (exact) mass is 280 g/mol. The fourth-order valence-electron chi connectivity index (χ4n) is 2.09. The molecule has 110 valence electrons. The quantitative estimate of drug-likeness (QED) is 0.735. The Morgan fingerprint density at radius 3 is 2.90 bits per heavy atom. The Balaban J connectivity index is 2.65. The van der Waals surface area contributed by atoms with Crippen molar-refractivity contribution in [3.63, 3.8) is 0 Å². The first-order valence-electron chi connectivity index (χ1n) is 6.61. The van der Waals surface area contributed by atoms with Crippen LogP contribution in [0, 0.1) is 23.2 Å². The highest BCUT2D eigenvalue weighted by Crippen LogP contribution is 2.15. The van der Waals surface area contributed by atoms with Crippen molar-refractivity contribution in [2.45, 2.75) is 39.7 Å². The Labute approximate surface area is 117 Å². The lowest BCUT2D eigenvalue weighted by molar-refractivity contribution is 0.191. The molecule has 1 rings (SSSR count). The van der Waals surface area contributed by atoms with Crippen molar-refractivity contribution in [2.24, 2.45) is 11.8 Å². The normalized spacial score (nSPS) is 12.1. The number of amides is 1. The molecule has 1 aromatic rings. The molecule has 1 atom stereocenters. The van der Waals surface area contributed by atoms with E-state index in [0.717, 1.165) is 6.42 Å². The summed E-state index contributed by atoms with van der Waals surface area (Å²) in [4.78, 5) is 10.6. The third-order valence-corrected chi connectivity index (χ3v) is 2.86. The van der Waals surface area contributed by atoms with Gasteiger partial charge in [-0.2, -0.15) is 5.26 Å². The zero-order valence-corrected chi connectivity index (χ0v) is 11.8. The first kappa shape index (κ1) is 15.9. The van der Waals surface area contributed by atoms with Crippen LogP contribution in [-0.4, -0.2) is 38.0 Å². The van der Waals surface area contributed by atoms with E-state index in [0.29, 0.717) is 37.7 Å². The Hall–Kier alpha value is -2.17. The Bertz CT molecular complexity index is 465. The molecule has 0 aliphatic heterocycles. The molecule has 0 aliphatic rings. The van der Waals surface area contributed by atoms with Crippen LogP contribution in [0.4, 0.5) is 4.79 Å². The molecule has 1 amide bonds. The molecule has 1 aromatic heterocycles. The van der Waals surface area contributed by atoms with E-state index in [1.54, 1.807) is 4.68 Å². The van der Waals surface area contributed by atoms with Gasteiger partial charge in [0.1, 0.15) is 0 Å². The van der Waals surface area contributed by atoms with Gasteiger partial charge >= 0.3 is 6.09 Å². The van der Waals surface area contributed by atoms with Crippen molar-refractivity contribution in [2.75, 3.05) is 6.54 Å². The molecule has 0 saturated carbocycles. The van der Waals surface area contributed by atoms with Crippen molar-refractivity contribution >= 4 is 6.09 Å². The zero-order chi connectivity index (χ0) is 15.0. The number of hydrogen-bond acceptors (Lipinski definition) is 5. The standard InChI is InChI=1S/C12H20N6O2/c1-9(2)6-10(8-14-12(19)20)7-11-15-16-17-18(11)5-3-4-13/h9-10,14H,3,5-8H2,1-2H3,(H,19,20). The van der Waals surface area contributed by atoms with E-state index < -0.39 is 6.09 Å². The molecule has 20 heavy (non-hydrogen) atoms. The lowest BCUT2D eigenvalue weighted by Gasteiger charge is -2.18. The minimum atomic E-state index is -1.03. The van der Waals surface area contributed by atoms with Gasteiger partial charge in [-0.25, -0.2) is 9.48 Å². The zero-order valence-electron chi connectivity index (χ0n) is 11.8. The number of carbonyl (C=O) groups is 1. The van der Waals surface area contributed by atoms with Crippen LogP contribution in [0.15, 0.2) is 0 Å². The Kier molecular flexibility index (Phi) is 6.43. The maximum absolute atomic E-state index is 10.6. The predicted octanol–water partition coefficient (Wildman–Crippen LogP) is 1.06. The van der Waals surface area contributed by atoms with Gasteiger partial charge in [0.05, 0.1) is 19.0 Å². The van der Waals surface area contributed by atoms with Gasteiger partial charge in [0.25, 0.3) is 0 Å². The van der Waals surface area contributed by atoms with E-state index in [1.165, 1.54) is 0 Å². The number of aryl methyl sites for hydroxylation is 1. The maximum Gasteiger partial charge on any atom is 0.404 e. The van der Waals surface area contributed by atoms with Crippen LogP contribution < -0.4 is 5.32 Å². The highest BCUT2D eigenvalue weighted by molar-refractivity contribution is 5.64. The van der Waals surface area contributed by atoms with E-state index in [4.69, 9.17) is 10.4 Å². The summed E-state index contributed by atoms with van der Waals surface area (Å²) in [5.74, 6) is 1.29. The number of tetrazole rings is 1. The highest BCUT2D eigenvalue weighted by Gasteiger charge is 2.17. The van der Waals surface area contributed by atoms with Crippen LogP contribution in [0.1, 0.15) is 32.5 Å². The van der Waals surface area contributed by atoms with Crippen molar-refractivity contribution in [1.82, 2.24) is 25.5 Å². The third-order valence-electron chi connectivity index (χ3n) is 2.86. The molecule has 0 spiro atoms. The second kappa shape index (κ2) is 8.09. The predicted molar refractivity (Wildman–Crippen MR) is 70.7 cm³/mol. The van der Waals surface area contributed by atoms with Gasteiger partial charge in [-0.15, -0.1) is 5.10 Å². The summed E-state index contributed by atoms with van der Waals surface area (Å²) < 4.78 is 1.61. The molecular formula is C12H20N6O2. The molecule has 8 nitrogen and oxygen atoms in total. The highest BCUT2D eigenvalue weighted by atomic mass is 16.4. The van der Waals surface area contributed by atoms with Crippen molar-refractivity contribution in [3.05, 3.63) is 5.82 Å². The lowest BCUT2D eigenvalue weighted by atomic mass is 9.94. The molecular weight excluding hydrogens is 260 g/mol. The van der Waals surface area contributed by atoms with Crippen molar-refractivity contribution in [3.8, 4) is 6.07 Å². The number of nitrogens with zero attached hydrogens (tertiary/aromatic N) is 5. The molecule has 0 saturated heterocycles. The number of aromatic nitrogens is 4.